The summed E-state index contributed by atoms with van der Waals surface area (Å²) in [6.07, 6.45) is 0.862. The molecule has 0 saturated carbocycles. The Morgan fingerprint density at radius 2 is 1.91 bits per heavy atom. The van der Waals surface area contributed by atoms with Crippen LogP contribution in [0.5, 0.6) is 5.75 Å². The summed E-state index contributed by atoms with van der Waals surface area (Å²) >= 11 is 1.31. The van der Waals surface area contributed by atoms with Gasteiger partial charge in [-0.1, -0.05) is 11.8 Å². The molecule has 2 unspecified atom stereocenters. The standard InChI is InChI=1S/C21H22FN3O7S2/c1-10-9-23(19-11(2)30-21(27)31-19)5-6-24(10)16-8-15-13(7-14(16)22)17(26)18(32-34(4,28)29)20-25(15)12(3)33-20/h7-8,10,12H,5-6,9H2,1-4H3. The topological polar surface area (TPSA) is 115 Å². The van der Waals surface area contributed by atoms with Crippen molar-refractivity contribution in [3.05, 3.63) is 44.6 Å². The van der Waals surface area contributed by atoms with E-state index < -0.39 is 27.2 Å². The Labute approximate surface area is 198 Å². The second-order valence-electron chi connectivity index (χ2n) is 8.46. The largest absolute Gasteiger partial charge is 0.520 e. The first-order chi connectivity index (χ1) is 15.9. The lowest BCUT2D eigenvalue weighted by Crippen LogP contribution is -2.52. The Hall–Kier alpha value is -2.93. The van der Waals surface area contributed by atoms with Crippen LogP contribution in [0.25, 0.3) is 10.9 Å². The minimum atomic E-state index is -3.93. The minimum absolute atomic E-state index is 0.0536. The van der Waals surface area contributed by atoms with Crippen molar-refractivity contribution >= 4 is 44.4 Å². The van der Waals surface area contributed by atoms with E-state index in [0.717, 1.165) is 12.3 Å². The van der Waals surface area contributed by atoms with Crippen molar-refractivity contribution in [1.82, 2.24) is 4.57 Å². The molecule has 0 spiro atoms. The van der Waals surface area contributed by atoms with Crippen molar-refractivity contribution in [3.63, 3.8) is 0 Å². The molecule has 13 heteroatoms. The highest BCUT2D eigenvalue weighted by atomic mass is 32.2. The van der Waals surface area contributed by atoms with Gasteiger partial charge in [0.1, 0.15) is 10.8 Å². The maximum atomic E-state index is 15.3. The summed E-state index contributed by atoms with van der Waals surface area (Å²) in [5.74, 6) is -0.907. The normalized spacial score (nSPS) is 20.4. The number of halogens is 1. The van der Waals surface area contributed by atoms with Crippen molar-refractivity contribution in [2.24, 2.45) is 0 Å². The average molecular weight is 512 g/mol. The molecule has 4 heterocycles. The second kappa shape index (κ2) is 7.80. The van der Waals surface area contributed by atoms with Crippen molar-refractivity contribution in [2.45, 2.75) is 37.2 Å². The number of thioether (sulfide) groups is 1. The van der Waals surface area contributed by atoms with E-state index in [9.17, 15) is 18.0 Å². The van der Waals surface area contributed by atoms with Crippen LogP contribution in [0.15, 0.2) is 35.6 Å². The quantitative estimate of drug-likeness (QED) is 0.484. The fraction of sp³-hybridized carbons (Fsp3) is 0.429. The zero-order valence-electron chi connectivity index (χ0n) is 18.8. The van der Waals surface area contributed by atoms with Crippen LogP contribution in [0, 0.1) is 12.7 Å². The molecular weight excluding hydrogens is 489 g/mol. The van der Waals surface area contributed by atoms with Crippen LogP contribution in [0.4, 0.5) is 16.0 Å². The number of rotatable bonds is 4. The Balaban J connectivity index is 1.55. The molecule has 0 N–H and O–H groups in total. The number of hydrogen-bond acceptors (Lipinski definition) is 10. The van der Waals surface area contributed by atoms with Crippen molar-refractivity contribution < 1.29 is 25.8 Å². The number of pyridine rings is 1. The molecule has 182 valence electrons. The van der Waals surface area contributed by atoms with Gasteiger partial charge in [0.05, 0.1) is 28.2 Å². The summed E-state index contributed by atoms with van der Waals surface area (Å²) in [6, 6.07) is 2.62. The fourth-order valence-electron chi connectivity index (χ4n) is 4.58. The molecule has 0 amide bonds. The predicted molar refractivity (Wildman–Crippen MR) is 125 cm³/mol. The van der Waals surface area contributed by atoms with E-state index in [1.165, 1.54) is 11.8 Å². The van der Waals surface area contributed by atoms with Crippen LogP contribution in [0.2, 0.25) is 0 Å². The lowest BCUT2D eigenvalue weighted by molar-refractivity contribution is 0.376. The number of benzene rings is 1. The molecule has 34 heavy (non-hydrogen) atoms. The van der Waals surface area contributed by atoms with Crippen LogP contribution in [-0.2, 0) is 10.1 Å². The fourth-order valence-corrected chi connectivity index (χ4v) is 6.19. The van der Waals surface area contributed by atoms with Gasteiger partial charge in [-0.3, -0.25) is 4.79 Å². The Bertz CT molecular complexity index is 1540. The average Bonchev–Trinajstić information content (AvgIpc) is 3.07. The van der Waals surface area contributed by atoms with Gasteiger partial charge in [-0.25, -0.2) is 9.18 Å². The number of nitrogens with zero attached hydrogens (tertiary/aromatic N) is 3. The summed E-state index contributed by atoms with van der Waals surface area (Å²) in [6.45, 7) is 6.85. The van der Waals surface area contributed by atoms with Crippen molar-refractivity contribution in [1.29, 1.82) is 0 Å². The van der Waals surface area contributed by atoms with Gasteiger partial charge < -0.3 is 27.4 Å². The summed E-state index contributed by atoms with van der Waals surface area (Å²) in [7, 11) is -3.93. The van der Waals surface area contributed by atoms with Gasteiger partial charge in [-0.2, -0.15) is 8.42 Å². The van der Waals surface area contributed by atoms with E-state index >= 15 is 4.39 Å². The molecule has 2 atom stereocenters. The Morgan fingerprint density at radius 1 is 1.18 bits per heavy atom. The SMILES string of the molecule is Cc1oc(=O)oc1N1CCN(c2cc3c(cc2F)c(=O)c(OS(C)(=O)=O)c2n3C(C)S2)C(C)C1. The summed E-state index contributed by atoms with van der Waals surface area (Å²) in [4.78, 5) is 28.2. The summed E-state index contributed by atoms with van der Waals surface area (Å²) in [5, 5.41) is 0.369. The second-order valence-corrected chi connectivity index (χ2v) is 11.3. The maximum Gasteiger partial charge on any atom is 0.520 e. The van der Waals surface area contributed by atoms with Crippen molar-refractivity contribution in [3.8, 4) is 5.75 Å². The number of aromatic nitrogens is 1. The molecule has 0 radical (unpaired) electrons. The molecular formula is C21H22FN3O7S2. The number of hydrogen-bond donors (Lipinski definition) is 0. The third kappa shape index (κ3) is 3.66. The van der Waals surface area contributed by atoms with Crippen LogP contribution >= 0.6 is 11.8 Å². The van der Waals surface area contributed by atoms with Crippen LogP contribution in [0.3, 0.4) is 0 Å². The molecule has 10 nitrogen and oxygen atoms in total. The van der Waals surface area contributed by atoms with Crippen LogP contribution in [-0.4, -0.2) is 44.9 Å². The van der Waals surface area contributed by atoms with Gasteiger partial charge in [0.15, 0.2) is 5.76 Å². The first-order valence-electron chi connectivity index (χ1n) is 10.5. The molecule has 0 bridgehead atoms. The number of aryl methyl sites for hydroxylation is 1. The molecule has 1 fully saturated rings. The molecule has 2 aliphatic rings. The lowest BCUT2D eigenvalue weighted by atomic mass is 10.1. The van der Waals surface area contributed by atoms with Gasteiger partial charge in [0.2, 0.25) is 17.1 Å². The molecule has 0 aliphatic carbocycles. The highest BCUT2D eigenvalue weighted by Crippen LogP contribution is 2.49. The van der Waals surface area contributed by atoms with Gasteiger partial charge in [0.25, 0.3) is 0 Å². The number of piperazine rings is 1. The molecule has 3 aromatic rings. The highest BCUT2D eigenvalue weighted by molar-refractivity contribution is 8.00. The van der Waals surface area contributed by atoms with Crippen LogP contribution < -0.4 is 25.2 Å². The first-order valence-corrected chi connectivity index (χ1v) is 13.2. The third-order valence-corrected chi connectivity index (χ3v) is 7.64. The van der Waals surface area contributed by atoms with E-state index in [0.29, 0.717) is 47.5 Å². The zero-order chi connectivity index (χ0) is 24.5. The van der Waals surface area contributed by atoms with E-state index in [-0.39, 0.29) is 22.6 Å². The molecule has 1 saturated heterocycles. The third-order valence-electron chi connectivity index (χ3n) is 6.01. The van der Waals surface area contributed by atoms with E-state index in [4.69, 9.17) is 13.0 Å². The van der Waals surface area contributed by atoms with Gasteiger partial charge in [-0.05, 0) is 32.9 Å². The summed E-state index contributed by atoms with van der Waals surface area (Å²) < 4.78 is 55.5. The molecule has 5 rings (SSSR count). The van der Waals surface area contributed by atoms with E-state index in [1.54, 1.807) is 17.6 Å². The number of anilines is 2. The van der Waals surface area contributed by atoms with Gasteiger partial charge >= 0.3 is 15.9 Å². The smallest absolute Gasteiger partial charge is 0.394 e. The Morgan fingerprint density at radius 3 is 2.50 bits per heavy atom. The lowest BCUT2D eigenvalue weighted by Gasteiger charge is -2.41. The van der Waals surface area contributed by atoms with Gasteiger partial charge in [-0.15, -0.1) is 0 Å². The van der Waals surface area contributed by atoms with Crippen molar-refractivity contribution in [2.75, 3.05) is 35.7 Å². The maximum absolute atomic E-state index is 15.3. The molecule has 1 aromatic carbocycles. The first kappa shape index (κ1) is 22.8. The Kier molecular flexibility index (Phi) is 5.24. The monoisotopic (exact) mass is 511 g/mol. The zero-order valence-corrected chi connectivity index (χ0v) is 20.5. The molecule has 2 aromatic heterocycles. The number of fused-ring (bicyclic) bond motifs is 3. The molecule has 2 aliphatic heterocycles. The van der Waals surface area contributed by atoms with E-state index in [1.807, 2.05) is 23.6 Å². The summed E-state index contributed by atoms with van der Waals surface area (Å²) in [5.41, 5.74) is 0.176. The van der Waals surface area contributed by atoms with E-state index in [2.05, 4.69) is 0 Å². The minimum Gasteiger partial charge on any atom is -0.394 e. The predicted octanol–water partition coefficient (Wildman–Crippen LogP) is 2.67. The van der Waals surface area contributed by atoms with Gasteiger partial charge in [0, 0.05) is 25.7 Å². The highest BCUT2D eigenvalue weighted by Gasteiger charge is 2.34. The van der Waals surface area contributed by atoms with Crippen LogP contribution in [0.1, 0.15) is 25.0 Å².